The number of nitrogens with zero attached hydrogens (tertiary/aromatic N) is 1. The van der Waals surface area contributed by atoms with E-state index in [2.05, 4.69) is 4.98 Å². The van der Waals surface area contributed by atoms with Crippen LogP contribution in [0.15, 0.2) is 54.7 Å². The standard InChI is InChI=1S/C16H11NO3/c18-15-8-11(16(19)20)5-6-13(15)12-7-10-3-1-2-4-14(10)17-9-12/h1-9,18H,(H,19,20). The topological polar surface area (TPSA) is 70.4 Å². The van der Waals surface area contributed by atoms with Crippen molar-refractivity contribution < 1.29 is 15.0 Å². The van der Waals surface area contributed by atoms with Crippen molar-refractivity contribution >= 4 is 16.9 Å². The first-order valence-corrected chi connectivity index (χ1v) is 6.06. The Labute approximate surface area is 115 Å². The number of para-hydroxylation sites is 1. The lowest BCUT2D eigenvalue weighted by Crippen LogP contribution is -1.95. The maximum absolute atomic E-state index is 10.9. The molecule has 4 nitrogen and oxygen atoms in total. The molecule has 4 heteroatoms. The Morgan fingerprint density at radius 1 is 1.05 bits per heavy atom. The highest BCUT2D eigenvalue weighted by molar-refractivity contribution is 5.90. The number of carboxylic acids is 1. The Morgan fingerprint density at radius 3 is 2.60 bits per heavy atom. The summed E-state index contributed by atoms with van der Waals surface area (Å²) in [6.07, 6.45) is 1.66. The summed E-state index contributed by atoms with van der Waals surface area (Å²) >= 11 is 0. The summed E-state index contributed by atoms with van der Waals surface area (Å²) in [6, 6.07) is 13.9. The van der Waals surface area contributed by atoms with Crippen LogP contribution >= 0.6 is 0 Å². The third-order valence-electron chi connectivity index (χ3n) is 3.15. The summed E-state index contributed by atoms with van der Waals surface area (Å²) < 4.78 is 0. The van der Waals surface area contributed by atoms with Crippen LogP contribution in [0.2, 0.25) is 0 Å². The quantitative estimate of drug-likeness (QED) is 0.745. The first-order valence-electron chi connectivity index (χ1n) is 6.06. The SMILES string of the molecule is O=C(O)c1ccc(-c2cnc3ccccc3c2)c(O)c1. The largest absolute Gasteiger partial charge is 0.507 e. The number of carboxylic acid groups (broad SMARTS) is 1. The van der Waals surface area contributed by atoms with Gasteiger partial charge in [0.25, 0.3) is 0 Å². The number of benzene rings is 2. The van der Waals surface area contributed by atoms with Gasteiger partial charge in [-0.1, -0.05) is 18.2 Å². The molecule has 0 aliphatic rings. The van der Waals surface area contributed by atoms with Gasteiger partial charge in [-0.2, -0.15) is 0 Å². The van der Waals surface area contributed by atoms with Crippen molar-refractivity contribution in [3.63, 3.8) is 0 Å². The fourth-order valence-corrected chi connectivity index (χ4v) is 2.13. The fraction of sp³-hybridized carbons (Fsp3) is 0. The molecule has 3 aromatic rings. The van der Waals surface area contributed by atoms with Crippen LogP contribution in [-0.2, 0) is 0 Å². The predicted octanol–water partition coefficient (Wildman–Crippen LogP) is 3.31. The summed E-state index contributed by atoms with van der Waals surface area (Å²) in [5.41, 5.74) is 2.24. The highest BCUT2D eigenvalue weighted by Crippen LogP contribution is 2.31. The Kier molecular flexibility index (Phi) is 2.84. The number of carbonyl (C=O) groups is 1. The number of phenolic OH excluding ortho intramolecular Hbond substituents is 1. The van der Waals surface area contributed by atoms with Crippen molar-refractivity contribution in [2.24, 2.45) is 0 Å². The lowest BCUT2D eigenvalue weighted by atomic mass is 10.0. The van der Waals surface area contributed by atoms with Crippen LogP contribution in [0, 0.1) is 0 Å². The molecule has 20 heavy (non-hydrogen) atoms. The van der Waals surface area contributed by atoms with Gasteiger partial charge in [0.2, 0.25) is 0 Å². The van der Waals surface area contributed by atoms with Crippen LogP contribution < -0.4 is 0 Å². The molecule has 0 saturated carbocycles. The normalized spacial score (nSPS) is 10.6. The second-order valence-electron chi connectivity index (χ2n) is 4.45. The molecule has 98 valence electrons. The van der Waals surface area contributed by atoms with Crippen molar-refractivity contribution in [3.05, 3.63) is 60.3 Å². The van der Waals surface area contributed by atoms with Crippen molar-refractivity contribution in [1.82, 2.24) is 4.98 Å². The van der Waals surface area contributed by atoms with E-state index in [1.165, 1.54) is 12.1 Å². The van der Waals surface area contributed by atoms with Gasteiger partial charge in [0.15, 0.2) is 0 Å². The number of aromatic carboxylic acids is 1. The van der Waals surface area contributed by atoms with Gasteiger partial charge in [-0.15, -0.1) is 0 Å². The Morgan fingerprint density at radius 2 is 1.85 bits per heavy atom. The minimum absolute atomic E-state index is 0.0556. The number of hydrogen-bond acceptors (Lipinski definition) is 3. The minimum atomic E-state index is -1.07. The van der Waals surface area contributed by atoms with Gasteiger partial charge in [-0.25, -0.2) is 4.79 Å². The smallest absolute Gasteiger partial charge is 0.335 e. The molecule has 0 aliphatic heterocycles. The number of pyridine rings is 1. The van der Waals surface area contributed by atoms with Gasteiger partial charge in [-0.05, 0) is 30.3 Å². The summed E-state index contributed by atoms with van der Waals surface area (Å²) in [5.74, 6) is -1.13. The van der Waals surface area contributed by atoms with E-state index in [1.807, 2.05) is 30.3 Å². The van der Waals surface area contributed by atoms with Gasteiger partial charge in [0.05, 0.1) is 11.1 Å². The average molecular weight is 265 g/mol. The fourth-order valence-electron chi connectivity index (χ4n) is 2.13. The van der Waals surface area contributed by atoms with E-state index in [9.17, 15) is 9.90 Å². The van der Waals surface area contributed by atoms with Crippen molar-refractivity contribution in [2.75, 3.05) is 0 Å². The zero-order valence-corrected chi connectivity index (χ0v) is 10.4. The van der Waals surface area contributed by atoms with Crippen LogP contribution in [0.5, 0.6) is 5.75 Å². The number of aromatic nitrogens is 1. The third-order valence-corrected chi connectivity index (χ3v) is 3.15. The monoisotopic (exact) mass is 265 g/mol. The van der Waals surface area contributed by atoms with E-state index in [0.29, 0.717) is 5.56 Å². The van der Waals surface area contributed by atoms with Crippen molar-refractivity contribution in [3.8, 4) is 16.9 Å². The molecule has 1 heterocycles. The first kappa shape index (κ1) is 12.2. The van der Waals surface area contributed by atoms with E-state index in [0.717, 1.165) is 16.5 Å². The molecule has 0 aliphatic carbocycles. The molecule has 0 fully saturated rings. The number of aromatic hydroxyl groups is 1. The van der Waals surface area contributed by atoms with E-state index in [-0.39, 0.29) is 11.3 Å². The molecule has 2 N–H and O–H groups in total. The Balaban J connectivity index is 2.13. The van der Waals surface area contributed by atoms with Crippen LogP contribution in [0.1, 0.15) is 10.4 Å². The molecule has 3 rings (SSSR count). The molecule has 0 spiro atoms. The predicted molar refractivity (Wildman–Crippen MR) is 75.8 cm³/mol. The first-order chi connectivity index (χ1) is 9.65. The Bertz CT molecular complexity index is 812. The highest BCUT2D eigenvalue weighted by atomic mass is 16.4. The van der Waals surface area contributed by atoms with Crippen LogP contribution in [0.3, 0.4) is 0 Å². The molecule has 0 atom stereocenters. The molecular weight excluding hydrogens is 254 g/mol. The Hall–Kier alpha value is -2.88. The molecule has 0 unspecified atom stereocenters. The second kappa shape index (κ2) is 4.66. The lowest BCUT2D eigenvalue weighted by Gasteiger charge is -2.06. The molecule has 0 bridgehead atoms. The summed E-state index contributed by atoms with van der Waals surface area (Å²) in [5, 5.41) is 19.8. The molecule has 2 aromatic carbocycles. The zero-order chi connectivity index (χ0) is 14.1. The van der Waals surface area contributed by atoms with Gasteiger partial charge < -0.3 is 10.2 Å². The zero-order valence-electron chi connectivity index (χ0n) is 10.4. The number of fused-ring (bicyclic) bond motifs is 1. The van der Waals surface area contributed by atoms with Gasteiger partial charge >= 0.3 is 5.97 Å². The third kappa shape index (κ3) is 2.07. The van der Waals surface area contributed by atoms with Crippen LogP contribution in [-0.4, -0.2) is 21.2 Å². The van der Waals surface area contributed by atoms with E-state index in [1.54, 1.807) is 12.3 Å². The van der Waals surface area contributed by atoms with Gasteiger partial charge in [0.1, 0.15) is 5.75 Å². The van der Waals surface area contributed by atoms with Gasteiger partial charge in [-0.3, -0.25) is 4.98 Å². The molecular formula is C16H11NO3. The van der Waals surface area contributed by atoms with Crippen molar-refractivity contribution in [2.45, 2.75) is 0 Å². The molecule has 1 aromatic heterocycles. The molecule has 0 radical (unpaired) electrons. The summed E-state index contributed by atoms with van der Waals surface area (Å²) in [4.78, 5) is 15.2. The average Bonchev–Trinajstić information content (AvgIpc) is 2.46. The van der Waals surface area contributed by atoms with E-state index >= 15 is 0 Å². The van der Waals surface area contributed by atoms with Gasteiger partial charge in [0, 0.05) is 22.7 Å². The maximum atomic E-state index is 10.9. The number of rotatable bonds is 2. The van der Waals surface area contributed by atoms with Crippen LogP contribution in [0.25, 0.3) is 22.0 Å². The van der Waals surface area contributed by atoms with E-state index < -0.39 is 5.97 Å². The number of hydrogen-bond donors (Lipinski definition) is 2. The maximum Gasteiger partial charge on any atom is 0.335 e. The van der Waals surface area contributed by atoms with Crippen LogP contribution in [0.4, 0.5) is 0 Å². The summed E-state index contributed by atoms with van der Waals surface area (Å²) in [6.45, 7) is 0. The molecule has 0 saturated heterocycles. The lowest BCUT2D eigenvalue weighted by molar-refractivity contribution is 0.0696. The van der Waals surface area contributed by atoms with E-state index in [4.69, 9.17) is 5.11 Å². The number of phenols is 1. The summed E-state index contributed by atoms with van der Waals surface area (Å²) in [7, 11) is 0. The second-order valence-corrected chi connectivity index (χ2v) is 4.45. The highest BCUT2D eigenvalue weighted by Gasteiger charge is 2.10. The minimum Gasteiger partial charge on any atom is -0.507 e. The molecule has 0 amide bonds. The van der Waals surface area contributed by atoms with Crippen molar-refractivity contribution in [1.29, 1.82) is 0 Å².